The van der Waals surface area contributed by atoms with E-state index in [1.165, 1.54) is 21.7 Å². The molecule has 1 aromatic heterocycles. The maximum Gasteiger partial charge on any atom is 0.242 e. The van der Waals surface area contributed by atoms with Crippen LogP contribution in [0.3, 0.4) is 0 Å². The van der Waals surface area contributed by atoms with Gasteiger partial charge in [0.15, 0.2) is 0 Å². The third-order valence-electron chi connectivity index (χ3n) is 3.73. The van der Waals surface area contributed by atoms with Gasteiger partial charge in [-0.2, -0.15) is 4.68 Å². The maximum absolute atomic E-state index is 13.4. The molecule has 2 aromatic rings. The highest BCUT2D eigenvalue weighted by Crippen LogP contribution is 2.19. The summed E-state index contributed by atoms with van der Waals surface area (Å²) >= 11 is 1.13. The Balaban J connectivity index is 1.96. The fraction of sp³-hybridized carbons (Fsp3) is 0.438. The predicted molar refractivity (Wildman–Crippen MR) is 95.4 cm³/mol. The lowest BCUT2D eigenvalue weighted by atomic mass is 10.3. The van der Waals surface area contributed by atoms with Crippen molar-refractivity contribution in [1.82, 2.24) is 30.0 Å². The third-order valence-corrected chi connectivity index (χ3v) is 4.64. The zero-order valence-electron chi connectivity index (χ0n) is 14.9. The van der Waals surface area contributed by atoms with Crippen LogP contribution in [0.1, 0.15) is 13.8 Å². The Morgan fingerprint density at radius 2 is 1.96 bits per heavy atom. The van der Waals surface area contributed by atoms with Crippen LogP contribution in [-0.2, 0) is 9.59 Å². The van der Waals surface area contributed by atoms with Crippen molar-refractivity contribution in [3.63, 3.8) is 0 Å². The lowest BCUT2D eigenvalue weighted by molar-refractivity contribution is -0.137. The number of thioether (sulfide) groups is 1. The van der Waals surface area contributed by atoms with Crippen LogP contribution in [0.2, 0.25) is 0 Å². The summed E-state index contributed by atoms with van der Waals surface area (Å²) in [6, 6.07) is 5.85. The molecule has 0 aliphatic heterocycles. The Morgan fingerprint density at radius 1 is 1.23 bits per heavy atom. The first-order valence-corrected chi connectivity index (χ1v) is 9.13. The van der Waals surface area contributed by atoms with Gasteiger partial charge >= 0.3 is 0 Å². The van der Waals surface area contributed by atoms with Gasteiger partial charge in [-0.15, -0.1) is 5.10 Å². The molecule has 10 heteroatoms. The van der Waals surface area contributed by atoms with E-state index >= 15 is 0 Å². The van der Waals surface area contributed by atoms with Crippen LogP contribution < -0.4 is 0 Å². The number of tetrazole rings is 1. The molecule has 140 valence electrons. The maximum atomic E-state index is 13.4. The standard InChI is InChI=1S/C16H21FN6O2S/c1-4-22(5-2)14(24)10-21(3)15(25)11-26-16-18-19-20-23(16)13-8-6-7-12(17)9-13/h6-9H,4-5,10-11H2,1-3H3. The minimum absolute atomic E-state index is 0.0237. The number of aromatic nitrogens is 4. The van der Waals surface area contributed by atoms with E-state index in [1.54, 1.807) is 24.1 Å². The molecule has 2 amide bonds. The SMILES string of the molecule is CCN(CC)C(=O)CN(C)C(=O)CSc1nnnn1-c1cccc(F)c1. The molecule has 1 aromatic carbocycles. The molecule has 0 fully saturated rings. The topological polar surface area (TPSA) is 84.2 Å². The van der Waals surface area contributed by atoms with Crippen molar-refractivity contribution in [3.05, 3.63) is 30.1 Å². The number of hydrogen-bond donors (Lipinski definition) is 0. The summed E-state index contributed by atoms with van der Waals surface area (Å²) in [6.45, 7) is 5.02. The van der Waals surface area contributed by atoms with Gasteiger partial charge in [0.1, 0.15) is 5.82 Å². The summed E-state index contributed by atoms with van der Waals surface area (Å²) in [5.41, 5.74) is 0.468. The van der Waals surface area contributed by atoms with E-state index in [-0.39, 0.29) is 24.1 Å². The van der Waals surface area contributed by atoms with Gasteiger partial charge in [-0.3, -0.25) is 9.59 Å². The van der Waals surface area contributed by atoms with Gasteiger partial charge < -0.3 is 9.80 Å². The van der Waals surface area contributed by atoms with Crippen molar-refractivity contribution in [2.45, 2.75) is 19.0 Å². The number of halogens is 1. The quantitative estimate of drug-likeness (QED) is 0.641. The molecule has 1 heterocycles. The number of benzene rings is 1. The lowest BCUT2D eigenvalue weighted by Gasteiger charge is -2.23. The van der Waals surface area contributed by atoms with Crippen molar-refractivity contribution >= 4 is 23.6 Å². The molecule has 0 aliphatic carbocycles. The number of nitrogens with zero attached hydrogens (tertiary/aromatic N) is 6. The summed E-state index contributed by atoms with van der Waals surface area (Å²) in [5, 5.41) is 11.6. The highest BCUT2D eigenvalue weighted by molar-refractivity contribution is 7.99. The molecule has 8 nitrogen and oxygen atoms in total. The van der Waals surface area contributed by atoms with Crippen molar-refractivity contribution in [2.24, 2.45) is 0 Å². The monoisotopic (exact) mass is 380 g/mol. The smallest absolute Gasteiger partial charge is 0.242 e. The number of carbonyl (C=O) groups excluding carboxylic acids is 2. The largest absolute Gasteiger partial charge is 0.342 e. The van der Waals surface area contributed by atoms with Crippen LogP contribution in [0.25, 0.3) is 5.69 Å². The molecule has 0 saturated carbocycles. The summed E-state index contributed by atoms with van der Waals surface area (Å²) in [7, 11) is 1.58. The van der Waals surface area contributed by atoms with Gasteiger partial charge in [-0.1, -0.05) is 17.8 Å². The highest BCUT2D eigenvalue weighted by atomic mass is 32.2. The van der Waals surface area contributed by atoms with Gasteiger partial charge in [0.05, 0.1) is 18.0 Å². The van der Waals surface area contributed by atoms with Crippen molar-refractivity contribution in [1.29, 1.82) is 0 Å². The first kappa shape index (κ1) is 19.8. The van der Waals surface area contributed by atoms with E-state index in [4.69, 9.17) is 0 Å². The number of amides is 2. The van der Waals surface area contributed by atoms with Crippen LogP contribution >= 0.6 is 11.8 Å². The number of hydrogen-bond acceptors (Lipinski definition) is 6. The lowest BCUT2D eigenvalue weighted by Crippen LogP contribution is -2.41. The zero-order valence-corrected chi connectivity index (χ0v) is 15.7. The van der Waals surface area contributed by atoms with Crippen LogP contribution in [-0.4, -0.2) is 74.3 Å². The predicted octanol–water partition coefficient (Wildman–Crippen LogP) is 1.22. The Labute approximate surface area is 155 Å². The summed E-state index contributed by atoms with van der Waals surface area (Å²) < 4.78 is 14.7. The van der Waals surface area contributed by atoms with Crippen molar-refractivity contribution < 1.29 is 14.0 Å². The summed E-state index contributed by atoms with van der Waals surface area (Å²) in [4.78, 5) is 27.4. The van der Waals surface area contributed by atoms with E-state index in [0.29, 0.717) is 23.9 Å². The van der Waals surface area contributed by atoms with Gasteiger partial charge in [0.25, 0.3) is 0 Å². The van der Waals surface area contributed by atoms with Gasteiger partial charge in [0, 0.05) is 20.1 Å². The first-order valence-electron chi connectivity index (χ1n) is 8.15. The number of rotatable bonds is 8. The van der Waals surface area contributed by atoms with Crippen molar-refractivity contribution in [2.75, 3.05) is 32.4 Å². The van der Waals surface area contributed by atoms with E-state index in [2.05, 4.69) is 15.5 Å². The van der Waals surface area contributed by atoms with Crippen LogP contribution in [0.4, 0.5) is 4.39 Å². The van der Waals surface area contributed by atoms with E-state index in [9.17, 15) is 14.0 Å². The Morgan fingerprint density at radius 3 is 2.62 bits per heavy atom. The number of likely N-dealkylation sites (N-methyl/N-ethyl adjacent to an activating group) is 2. The molecule has 0 aliphatic rings. The molecule has 0 unspecified atom stereocenters. The van der Waals surface area contributed by atoms with E-state index in [1.807, 2.05) is 13.8 Å². The van der Waals surface area contributed by atoms with E-state index in [0.717, 1.165) is 11.8 Å². The average Bonchev–Trinajstić information content (AvgIpc) is 3.09. The minimum atomic E-state index is -0.403. The van der Waals surface area contributed by atoms with Crippen LogP contribution in [0, 0.1) is 5.82 Å². The Bertz CT molecular complexity index is 765. The highest BCUT2D eigenvalue weighted by Gasteiger charge is 2.18. The molecular formula is C16H21FN6O2S. The Kier molecular flexibility index (Phi) is 7.07. The second kappa shape index (κ2) is 9.27. The van der Waals surface area contributed by atoms with Crippen molar-refractivity contribution in [3.8, 4) is 5.69 Å². The molecule has 26 heavy (non-hydrogen) atoms. The molecule has 0 saturated heterocycles. The summed E-state index contributed by atoms with van der Waals surface area (Å²) in [6.07, 6.45) is 0. The second-order valence-electron chi connectivity index (χ2n) is 5.46. The van der Waals surface area contributed by atoms with Gasteiger partial charge in [0.2, 0.25) is 17.0 Å². The summed E-state index contributed by atoms with van der Waals surface area (Å²) in [5.74, 6) is -0.651. The molecular weight excluding hydrogens is 359 g/mol. The Hall–Kier alpha value is -2.49. The number of carbonyl (C=O) groups is 2. The molecule has 0 N–H and O–H groups in total. The van der Waals surface area contributed by atoms with E-state index < -0.39 is 5.82 Å². The second-order valence-corrected chi connectivity index (χ2v) is 6.40. The minimum Gasteiger partial charge on any atom is -0.342 e. The molecule has 0 atom stereocenters. The average molecular weight is 380 g/mol. The van der Waals surface area contributed by atoms with Gasteiger partial charge in [-0.25, -0.2) is 4.39 Å². The third kappa shape index (κ3) is 5.01. The molecule has 0 bridgehead atoms. The zero-order chi connectivity index (χ0) is 19.1. The first-order chi connectivity index (χ1) is 12.5. The fourth-order valence-electron chi connectivity index (χ4n) is 2.24. The molecule has 2 rings (SSSR count). The van der Waals surface area contributed by atoms with Crippen LogP contribution in [0.5, 0.6) is 0 Å². The normalized spacial score (nSPS) is 10.6. The van der Waals surface area contributed by atoms with Crippen LogP contribution in [0.15, 0.2) is 29.4 Å². The van der Waals surface area contributed by atoms with Gasteiger partial charge in [-0.05, 0) is 42.5 Å². The molecule has 0 spiro atoms. The fourth-order valence-corrected chi connectivity index (χ4v) is 3.07. The molecule has 0 radical (unpaired) electrons.